The first-order chi connectivity index (χ1) is 14.1. The molecule has 0 aliphatic heterocycles. The Morgan fingerprint density at radius 3 is 2.37 bits per heavy atom. The number of nitrogens with one attached hydrogen (secondary N) is 3. The highest BCUT2D eigenvalue weighted by molar-refractivity contribution is 6.33. The van der Waals surface area contributed by atoms with E-state index in [2.05, 4.69) is 26.1 Å². The van der Waals surface area contributed by atoms with Crippen LogP contribution in [-0.4, -0.2) is 15.9 Å². The quantitative estimate of drug-likeness (QED) is 0.347. The number of aromatic nitrogens is 2. The van der Waals surface area contributed by atoms with Gasteiger partial charge in [-0.3, -0.25) is 15.6 Å². The number of hydrogen-bond acceptors (Lipinski definition) is 6. The van der Waals surface area contributed by atoms with E-state index in [-0.39, 0.29) is 33.6 Å². The van der Waals surface area contributed by atoms with E-state index in [1.165, 1.54) is 12.1 Å². The van der Waals surface area contributed by atoms with Crippen molar-refractivity contribution >= 4 is 40.5 Å². The Kier molecular flexibility index (Phi) is 5.92. The molecule has 12 heteroatoms. The number of nitrogens with zero attached hydrogens (tertiary/aromatic N) is 2. The predicted octanol–water partition coefficient (Wildman–Crippen LogP) is 4.37. The van der Waals surface area contributed by atoms with Crippen LogP contribution in [0.5, 0.6) is 0 Å². The van der Waals surface area contributed by atoms with Crippen LogP contribution in [-0.2, 0) is 6.18 Å². The lowest BCUT2D eigenvalue weighted by molar-refractivity contribution is -0.137. The van der Waals surface area contributed by atoms with Gasteiger partial charge in [0, 0.05) is 5.56 Å². The molecule has 0 fully saturated rings. The second-order valence-corrected chi connectivity index (χ2v) is 6.30. The summed E-state index contributed by atoms with van der Waals surface area (Å²) in [5, 5.41) is 2.63. The second kappa shape index (κ2) is 8.41. The molecule has 0 saturated heterocycles. The number of anilines is 4. The molecule has 1 aromatic heterocycles. The van der Waals surface area contributed by atoms with Crippen molar-refractivity contribution in [3.63, 3.8) is 0 Å². The summed E-state index contributed by atoms with van der Waals surface area (Å²) in [4.78, 5) is 19.8. The summed E-state index contributed by atoms with van der Waals surface area (Å²) >= 11 is 5.96. The molecule has 5 N–H and O–H groups in total. The molecule has 0 aliphatic carbocycles. The normalized spacial score (nSPS) is 11.1. The lowest BCUT2D eigenvalue weighted by Crippen LogP contribution is -2.30. The van der Waals surface area contributed by atoms with E-state index in [1.807, 2.05) is 0 Å². The molecule has 156 valence electrons. The lowest BCUT2D eigenvalue weighted by Gasteiger charge is -2.15. The predicted molar refractivity (Wildman–Crippen MR) is 104 cm³/mol. The third kappa shape index (κ3) is 4.87. The Morgan fingerprint density at radius 2 is 1.70 bits per heavy atom. The van der Waals surface area contributed by atoms with Crippen LogP contribution in [0, 0.1) is 5.82 Å². The van der Waals surface area contributed by atoms with Crippen LogP contribution in [0.4, 0.5) is 40.6 Å². The fourth-order valence-corrected chi connectivity index (χ4v) is 2.47. The maximum absolute atomic E-state index is 12.9. The summed E-state index contributed by atoms with van der Waals surface area (Å²) in [5.41, 5.74) is 9.83. The average molecular weight is 441 g/mol. The van der Waals surface area contributed by atoms with Gasteiger partial charge in [0.1, 0.15) is 17.8 Å². The largest absolute Gasteiger partial charge is 0.416 e. The van der Waals surface area contributed by atoms with Gasteiger partial charge in [0.2, 0.25) is 0 Å². The van der Waals surface area contributed by atoms with E-state index in [9.17, 15) is 22.4 Å². The van der Waals surface area contributed by atoms with E-state index in [0.29, 0.717) is 0 Å². The highest BCUT2D eigenvalue weighted by Crippen LogP contribution is 2.35. The maximum Gasteiger partial charge on any atom is 0.416 e. The van der Waals surface area contributed by atoms with Crippen LogP contribution in [0.1, 0.15) is 15.9 Å². The Balaban J connectivity index is 1.77. The first-order valence-corrected chi connectivity index (χ1v) is 8.59. The van der Waals surface area contributed by atoms with Crippen molar-refractivity contribution < 1.29 is 22.4 Å². The van der Waals surface area contributed by atoms with E-state index in [0.717, 1.165) is 36.7 Å². The molecule has 1 amide bonds. The molecule has 0 spiro atoms. The Hall–Kier alpha value is -3.60. The number of rotatable bonds is 5. The minimum atomic E-state index is -4.56. The fraction of sp³-hybridized carbons (Fsp3) is 0.0556. The van der Waals surface area contributed by atoms with Crippen molar-refractivity contribution in [2.45, 2.75) is 6.18 Å². The first kappa shape index (κ1) is 21.1. The monoisotopic (exact) mass is 440 g/mol. The number of hydrogen-bond donors (Lipinski definition) is 4. The van der Waals surface area contributed by atoms with Crippen molar-refractivity contribution in [1.29, 1.82) is 0 Å². The van der Waals surface area contributed by atoms with Crippen LogP contribution in [0.2, 0.25) is 5.02 Å². The van der Waals surface area contributed by atoms with Crippen LogP contribution in [0.25, 0.3) is 0 Å². The van der Waals surface area contributed by atoms with Crippen molar-refractivity contribution in [2.75, 3.05) is 16.5 Å². The number of nitrogen functional groups attached to an aromatic ring is 1. The average Bonchev–Trinajstić information content (AvgIpc) is 2.69. The third-order valence-electron chi connectivity index (χ3n) is 3.83. The van der Waals surface area contributed by atoms with Crippen molar-refractivity contribution in [2.24, 2.45) is 0 Å². The zero-order chi connectivity index (χ0) is 21.9. The van der Waals surface area contributed by atoms with Crippen molar-refractivity contribution in [3.05, 3.63) is 70.8 Å². The number of carbonyl (C=O) groups is 1. The highest BCUT2D eigenvalue weighted by atomic mass is 35.5. The molecule has 2 aromatic carbocycles. The van der Waals surface area contributed by atoms with E-state index in [1.54, 1.807) is 0 Å². The Morgan fingerprint density at radius 1 is 1.03 bits per heavy atom. The minimum absolute atomic E-state index is 0.0140. The van der Waals surface area contributed by atoms with Crippen LogP contribution in [0.15, 0.2) is 48.8 Å². The Labute approximate surface area is 172 Å². The van der Waals surface area contributed by atoms with E-state index < -0.39 is 23.5 Å². The van der Waals surface area contributed by atoms with Gasteiger partial charge in [-0.2, -0.15) is 13.2 Å². The molecular weight excluding hydrogens is 428 g/mol. The summed E-state index contributed by atoms with van der Waals surface area (Å²) in [6.07, 6.45) is -3.48. The summed E-state index contributed by atoms with van der Waals surface area (Å²) in [6.45, 7) is 0. The topological polar surface area (TPSA) is 105 Å². The van der Waals surface area contributed by atoms with Gasteiger partial charge in [-0.15, -0.1) is 0 Å². The summed E-state index contributed by atoms with van der Waals surface area (Å²) in [7, 11) is 0. The van der Waals surface area contributed by atoms with E-state index >= 15 is 0 Å². The van der Waals surface area contributed by atoms with Crippen LogP contribution < -0.4 is 21.9 Å². The SMILES string of the molecule is Nc1c(NNC(=O)c2ccc(F)cc2)ncnc1Nc1cc(C(F)(F)F)ccc1Cl. The molecule has 0 atom stereocenters. The molecular formula is C18H13ClF4N6O. The number of benzene rings is 2. The van der Waals surface area contributed by atoms with Crippen molar-refractivity contribution in [1.82, 2.24) is 15.4 Å². The lowest BCUT2D eigenvalue weighted by atomic mass is 10.2. The van der Waals surface area contributed by atoms with Gasteiger partial charge in [0.25, 0.3) is 5.91 Å². The molecule has 0 aliphatic rings. The van der Waals surface area contributed by atoms with Gasteiger partial charge >= 0.3 is 6.18 Å². The number of alkyl halides is 3. The summed E-state index contributed by atoms with van der Waals surface area (Å²) < 4.78 is 51.7. The molecule has 0 bridgehead atoms. The van der Waals surface area contributed by atoms with Crippen molar-refractivity contribution in [3.8, 4) is 0 Å². The molecule has 1 heterocycles. The van der Waals surface area contributed by atoms with Gasteiger partial charge in [-0.25, -0.2) is 14.4 Å². The molecule has 3 aromatic rings. The first-order valence-electron chi connectivity index (χ1n) is 8.21. The molecule has 30 heavy (non-hydrogen) atoms. The van der Waals surface area contributed by atoms with Crippen LogP contribution in [0.3, 0.4) is 0 Å². The minimum Gasteiger partial charge on any atom is -0.393 e. The molecule has 0 saturated carbocycles. The number of nitrogens with two attached hydrogens (primary N) is 1. The third-order valence-corrected chi connectivity index (χ3v) is 4.16. The second-order valence-electron chi connectivity index (χ2n) is 5.89. The zero-order valence-corrected chi connectivity index (χ0v) is 15.6. The fourth-order valence-electron chi connectivity index (χ4n) is 2.31. The molecule has 0 unspecified atom stereocenters. The molecule has 3 rings (SSSR count). The van der Waals surface area contributed by atoms with Gasteiger partial charge in [0.15, 0.2) is 11.6 Å². The highest BCUT2D eigenvalue weighted by Gasteiger charge is 2.31. The van der Waals surface area contributed by atoms with Gasteiger partial charge < -0.3 is 11.1 Å². The summed E-state index contributed by atoms with van der Waals surface area (Å²) in [6, 6.07) is 7.54. The smallest absolute Gasteiger partial charge is 0.393 e. The number of halogens is 5. The van der Waals surface area contributed by atoms with Crippen LogP contribution >= 0.6 is 11.6 Å². The summed E-state index contributed by atoms with van der Waals surface area (Å²) in [5.74, 6) is -1.15. The number of amides is 1. The van der Waals surface area contributed by atoms with Gasteiger partial charge in [-0.05, 0) is 42.5 Å². The number of hydrazine groups is 1. The zero-order valence-electron chi connectivity index (χ0n) is 14.9. The molecule has 7 nitrogen and oxygen atoms in total. The maximum atomic E-state index is 12.9. The van der Waals surface area contributed by atoms with Gasteiger partial charge in [0.05, 0.1) is 16.3 Å². The Bertz CT molecular complexity index is 1080. The standard InChI is InChI=1S/C18H13ClF4N6O/c19-12-6-3-10(18(21,22)23)7-13(12)27-15-14(24)16(26-8-25-15)28-29-17(30)9-1-4-11(20)5-2-9/h1-8H,24H2,(H,29,30)(H2,25,26,27,28). The number of carbonyl (C=O) groups excluding carboxylic acids is 1. The van der Waals surface area contributed by atoms with Gasteiger partial charge in [-0.1, -0.05) is 11.6 Å². The van der Waals surface area contributed by atoms with E-state index in [4.69, 9.17) is 17.3 Å². The molecule has 0 radical (unpaired) electrons.